The highest BCUT2D eigenvalue weighted by atomic mass is 127. The number of ether oxygens (including phenoxy) is 1. The van der Waals surface area contributed by atoms with E-state index in [1.165, 1.54) is 16.9 Å². The predicted molar refractivity (Wildman–Crippen MR) is 99.4 cm³/mol. The van der Waals surface area contributed by atoms with E-state index in [1.807, 2.05) is 46.9 Å². The van der Waals surface area contributed by atoms with Crippen molar-refractivity contribution in [2.45, 2.75) is 11.4 Å². The summed E-state index contributed by atoms with van der Waals surface area (Å²) < 4.78 is 28.6. The third-order valence-electron chi connectivity index (χ3n) is 3.45. The van der Waals surface area contributed by atoms with E-state index < -0.39 is 10.0 Å². The zero-order chi connectivity index (χ0) is 18.0. The van der Waals surface area contributed by atoms with Gasteiger partial charge in [0.15, 0.2) is 0 Å². The Morgan fingerprint density at radius 3 is 2.52 bits per heavy atom. The maximum absolute atomic E-state index is 11.4. The monoisotopic (exact) mass is 471 g/mol. The number of primary sulfonamides is 1. The van der Waals surface area contributed by atoms with Crippen LogP contribution in [0.25, 0.3) is 11.4 Å². The fourth-order valence-corrected chi connectivity index (χ4v) is 3.67. The van der Waals surface area contributed by atoms with E-state index in [0.717, 1.165) is 11.3 Å². The van der Waals surface area contributed by atoms with Crippen molar-refractivity contribution >= 4 is 32.6 Å². The highest BCUT2D eigenvalue weighted by Crippen LogP contribution is 2.24. The Labute approximate surface area is 158 Å². The molecule has 0 spiro atoms. The summed E-state index contributed by atoms with van der Waals surface area (Å²) in [7, 11) is -2.13. The van der Waals surface area contributed by atoms with Crippen molar-refractivity contribution in [1.82, 2.24) is 20.2 Å². The largest absolute Gasteiger partial charge is 0.497 e. The van der Waals surface area contributed by atoms with E-state index in [1.54, 1.807) is 13.2 Å². The van der Waals surface area contributed by atoms with Crippen LogP contribution in [-0.2, 0) is 16.6 Å². The van der Waals surface area contributed by atoms with Crippen molar-refractivity contribution in [2.24, 2.45) is 5.14 Å². The lowest BCUT2D eigenvalue weighted by molar-refractivity contribution is 0.414. The number of methoxy groups -OCH3 is 1. The summed E-state index contributed by atoms with van der Waals surface area (Å²) in [6, 6.07) is 12.1. The lowest BCUT2D eigenvalue weighted by Crippen LogP contribution is -2.12. The van der Waals surface area contributed by atoms with Gasteiger partial charge in [0.05, 0.1) is 18.6 Å². The predicted octanol–water partition coefficient (Wildman–Crippen LogP) is 1.65. The number of hydrogen-bond acceptors (Lipinski definition) is 6. The van der Waals surface area contributed by atoms with Gasteiger partial charge >= 0.3 is 0 Å². The molecular weight excluding hydrogens is 457 g/mol. The number of aromatic nitrogens is 4. The maximum Gasteiger partial charge on any atom is 0.238 e. The van der Waals surface area contributed by atoms with Crippen molar-refractivity contribution in [3.63, 3.8) is 0 Å². The van der Waals surface area contributed by atoms with Gasteiger partial charge in [-0.1, -0.05) is 12.1 Å². The normalized spacial score (nSPS) is 11.5. The van der Waals surface area contributed by atoms with Crippen LogP contribution >= 0.6 is 22.6 Å². The molecule has 0 fully saturated rings. The number of tetrazole rings is 1. The van der Waals surface area contributed by atoms with Gasteiger partial charge in [0.1, 0.15) is 5.75 Å². The van der Waals surface area contributed by atoms with Gasteiger partial charge in [-0.25, -0.2) is 13.6 Å². The third kappa shape index (κ3) is 4.14. The van der Waals surface area contributed by atoms with E-state index in [0.29, 0.717) is 21.5 Å². The van der Waals surface area contributed by atoms with Gasteiger partial charge in [0, 0.05) is 9.13 Å². The van der Waals surface area contributed by atoms with E-state index in [4.69, 9.17) is 9.88 Å². The second-order valence-electron chi connectivity index (χ2n) is 5.18. The fourth-order valence-electron chi connectivity index (χ4n) is 2.17. The topological polar surface area (TPSA) is 113 Å². The van der Waals surface area contributed by atoms with Crippen molar-refractivity contribution in [2.75, 3.05) is 7.11 Å². The molecule has 3 rings (SSSR count). The Kier molecular flexibility index (Phi) is 5.01. The van der Waals surface area contributed by atoms with Crippen LogP contribution in [0.5, 0.6) is 5.75 Å². The van der Waals surface area contributed by atoms with Crippen LogP contribution in [0.3, 0.4) is 0 Å². The highest BCUT2D eigenvalue weighted by Gasteiger charge is 2.14. The van der Waals surface area contributed by atoms with Gasteiger partial charge in [0.2, 0.25) is 15.8 Å². The van der Waals surface area contributed by atoms with Gasteiger partial charge in [-0.15, -0.1) is 10.2 Å². The molecule has 0 atom stereocenters. The first-order chi connectivity index (χ1) is 11.9. The van der Waals surface area contributed by atoms with Crippen molar-refractivity contribution in [3.8, 4) is 17.1 Å². The highest BCUT2D eigenvalue weighted by molar-refractivity contribution is 14.1. The first-order valence-corrected chi connectivity index (χ1v) is 9.73. The molecule has 8 nitrogen and oxygen atoms in total. The molecule has 2 aromatic carbocycles. The summed E-state index contributed by atoms with van der Waals surface area (Å²) in [5.74, 6) is 1.19. The van der Waals surface area contributed by atoms with E-state index in [9.17, 15) is 8.42 Å². The standard InChI is InChI=1S/C15H14IN5O3S/c1-24-11-4-2-10(3-5-11)9-21-19-15(18-20-21)13-7-6-12(8-14(13)16)25(17,22)23/h2-8H,9H2,1H3,(H2,17,22,23). The van der Waals surface area contributed by atoms with Crippen LogP contribution in [0, 0.1) is 3.57 Å². The molecule has 0 bridgehead atoms. The Balaban J connectivity index is 1.83. The van der Waals surface area contributed by atoms with Crippen LogP contribution < -0.4 is 9.88 Å². The molecule has 0 saturated carbocycles. The molecule has 0 saturated heterocycles. The molecule has 0 aliphatic rings. The lowest BCUT2D eigenvalue weighted by Gasteiger charge is -2.03. The van der Waals surface area contributed by atoms with Gasteiger partial charge in [0.25, 0.3) is 0 Å². The lowest BCUT2D eigenvalue weighted by atomic mass is 10.2. The Morgan fingerprint density at radius 1 is 1.20 bits per heavy atom. The van der Waals surface area contributed by atoms with E-state index >= 15 is 0 Å². The average Bonchev–Trinajstić information content (AvgIpc) is 3.03. The molecule has 0 unspecified atom stereocenters. The van der Waals surface area contributed by atoms with Crippen molar-refractivity contribution in [1.29, 1.82) is 0 Å². The Hall–Kier alpha value is -2.05. The zero-order valence-electron chi connectivity index (χ0n) is 13.1. The molecule has 0 aliphatic heterocycles. The van der Waals surface area contributed by atoms with E-state index in [-0.39, 0.29) is 4.90 Å². The molecule has 1 aromatic heterocycles. The van der Waals surface area contributed by atoms with Crippen LogP contribution in [0.2, 0.25) is 0 Å². The number of halogens is 1. The Morgan fingerprint density at radius 2 is 1.92 bits per heavy atom. The molecule has 25 heavy (non-hydrogen) atoms. The first-order valence-electron chi connectivity index (χ1n) is 7.10. The quantitative estimate of drug-likeness (QED) is 0.567. The minimum Gasteiger partial charge on any atom is -0.497 e. The number of nitrogens with zero attached hydrogens (tertiary/aromatic N) is 4. The minimum atomic E-state index is -3.74. The SMILES string of the molecule is COc1ccc(Cn2nnc(-c3ccc(S(N)(=O)=O)cc3I)n2)cc1. The zero-order valence-corrected chi connectivity index (χ0v) is 16.1. The molecule has 10 heteroatoms. The van der Waals surface area contributed by atoms with Crippen molar-refractivity contribution in [3.05, 3.63) is 51.6 Å². The van der Waals surface area contributed by atoms with Gasteiger partial charge in [-0.05, 0) is 63.7 Å². The van der Waals surface area contributed by atoms with E-state index in [2.05, 4.69) is 15.4 Å². The van der Waals surface area contributed by atoms with Crippen LogP contribution in [0.15, 0.2) is 47.4 Å². The second kappa shape index (κ2) is 7.06. The minimum absolute atomic E-state index is 0.0475. The number of benzene rings is 2. The first kappa shape index (κ1) is 17.8. The fraction of sp³-hybridized carbons (Fsp3) is 0.133. The summed E-state index contributed by atoms with van der Waals surface area (Å²) in [6.07, 6.45) is 0. The van der Waals surface area contributed by atoms with Crippen LogP contribution in [0.4, 0.5) is 0 Å². The van der Waals surface area contributed by atoms with Crippen LogP contribution in [0.1, 0.15) is 5.56 Å². The number of rotatable bonds is 5. The summed E-state index contributed by atoms with van der Waals surface area (Å²) in [6.45, 7) is 0.461. The molecule has 1 heterocycles. The number of sulfonamides is 1. The summed E-state index contributed by atoms with van der Waals surface area (Å²) in [4.78, 5) is 1.52. The number of nitrogens with two attached hydrogens (primary N) is 1. The molecule has 3 aromatic rings. The van der Waals surface area contributed by atoms with Crippen molar-refractivity contribution < 1.29 is 13.2 Å². The summed E-state index contributed by atoms with van der Waals surface area (Å²) in [5.41, 5.74) is 1.69. The smallest absolute Gasteiger partial charge is 0.238 e. The molecule has 0 amide bonds. The van der Waals surface area contributed by atoms with Crippen LogP contribution in [-0.4, -0.2) is 35.7 Å². The second-order valence-corrected chi connectivity index (χ2v) is 7.90. The molecule has 0 aliphatic carbocycles. The Bertz CT molecular complexity index is 1000. The number of hydrogen-bond donors (Lipinski definition) is 1. The average molecular weight is 471 g/mol. The summed E-state index contributed by atoms with van der Waals surface area (Å²) >= 11 is 2.02. The molecular formula is C15H14IN5O3S. The third-order valence-corrected chi connectivity index (χ3v) is 5.25. The van der Waals surface area contributed by atoms with Gasteiger partial charge in [-0.2, -0.15) is 4.80 Å². The molecule has 0 radical (unpaired) electrons. The molecule has 130 valence electrons. The van der Waals surface area contributed by atoms with Gasteiger partial charge in [-0.3, -0.25) is 0 Å². The van der Waals surface area contributed by atoms with Gasteiger partial charge < -0.3 is 4.74 Å². The maximum atomic E-state index is 11.4. The molecule has 2 N–H and O–H groups in total. The summed E-state index contributed by atoms with van der Waals surface area (Å²) in [5, 5.41) is 17.6.